The third-order valence-corrected chi connectivity index (χ3v) is 2.28. The van der Waals surface area contributed by atoms with E-state index < -0.39 is 6.10 Å². The Balaban J connectivity index is 2.81. The van der Waals surface area contributed by atoms with Gasteiger partial charge in [0, 0.05) is 26.9 Å². The first kappa shape index (κ1) is 13.4. The smallest absolute Gasteiger partial charge is 0.139 e. The lowest BCUT2D eigenvalue weighted by Crippen LogP contribution is -2.33. The number of nitrogens with two attached hydrogens (primary N) is 1. The molecule has 1 rings (SSSR count). The summed E-state index contributed by atoms with van der Waals surface area (Å²) in [6.07, 6.45) is 1.02. The summed E-state index contributed by atoms with van der Waals surface area (Å²) in [5, 5.41) is 17.1. The first-order chi connectivity index (χ1) is 8.06. The molecule has 1 aromatic rings. The summed E-state index contributed by atoms with van der Waals surface area (Å²) in [6, 6.07) is 3.45. The van der Waals surface area contributed by atoms with Crippen LogP contribution in [0.3, 0.4) is 0 Å². The second kappa shape index (κ2) is 6.17. The maximum atomic E-state index is 9.63. The molecule has 1 heterocycles. The van der Waals surface area contributed by atoms with Crippen molar-refractivity contribution in [1.29, 1.82) is 5.41 Å². The van der Waals surface area contributed by atoms with Crippen molar-refractivity contribution in [2.24, 2.45) is 5.73 Å². The topological polar surface area (TPSA) is 95.5 Å². The number of rotatable bonds is 6. The molecule has 17 heavy (non-hydrogen) atoms. The van der Waals surface area contributed by atoms with Crippen LogP contribution >= 0.6 is 0 Å². The van der Waals surface area contributed by atoms with Gasteiger partial charge in [-0.05, 0) is 12.1 Å². The molecule has 0 bridgehead atoms. The Morgan fingerprint density at radius 1 is 1.71 bits per heavy atom. The van der Waals surface area contributed by atoms with Crippen LogP contribution in [0.5, 0.6) is 0 Å². The minimum absolute atomic E-state index is 0.0406. The third kappa shape index (κ3) is 3.69. The number of nitrogens with one attached hydrogen (secondary N) is 1. The van der Waals surface area contributed by atoms with Crippen LogP contribution in [0, 0.1) is 5.41 Å². The van der Waals surface area contributed by atoms with Crippen molar-refractivity contribution >= 4 is 11.7 Å². The van der Waals surface area contributed by atoms with Crippen molar-refractivity contribution in [1.82, 2.24) is 4.98 Å². The molecule has 1 atom stereocenters. The number of pyridine rings is 1. The highest BCUT2D eigenvalue weighted by molar-refractivity contribution is 5.99. The highest BCUT2D eigenvalue weighted by Crippen LogP contribution is 2.15. The maximum absolute atomic E-state index is 9.63. The maximum Gasteiger partial charge on any atom is 0.139 e. The number of methoxy groups -OCH3 is 1. The largest absolute Gasteiger partial charge is 0.389 e. The van der Waals surface area contributed by atoms with Gasteiger partial charge in [0.15, 0.2) is 0 Å². The number of aliphatic hydroxyl groups is 1. The van der Waals surface area contributed by atoms with Crippen LogP contribution in [0.25, 0.3) is 0 Å². The Morgan fingerprint density at radius 3 is 3.00 bits per heavy atom. The van der Waals surface area contributed by atoms with E-state index in [-0.39, 0.29) is 12.4 Å². The fourth-order valence-corrected chi connectivity index (χ4v) is 1.56. The number of nitrogen functional groups attached to an aromatic ring is 1. The molecule has 0 radical (unpaired) electrons. The van der Waals surface area contributed by atoms with Gasteiger partial charge in [0.1, 0.15) is 11.7 Å². The Kier molecular flexibility index (Phi) is 4.86. The molecule has 0 saturated heterocycles. The monoisotopic (exact) mass is 238 g/mol. The van der Waals surface area contributed by atoms with E-state index >= 15 is 0 Å². The van der Waals surface area contributed by atoms with Gasteiger partial charge in [-0.2, -0.15) is 0 Å². The average molecular weight is 238 g/mol. The molecule has 6 heteroatoms. The Hall–Kier alpha value is -1.66. The first-order valence-electron chi connectivity index (χ1n) is 5.23. The van der Waals surface area contributed by atoms with Gasteiger partial charge in [-0.25, -0.2) is 4.98 Å². The number of ether oxygens (including phenoxy) is 1. The van der Waals surface area contributed by atoms with Crippen molar-refractivity contribution < 1.29 is 9.84 Å². The average Bonchev–Trinajstić information content (AvgIpc) is 2.29. The number of amidine groups is 1. The molecular formula is C11H18N4O2. The molecule has 0 aliphatic rings. The molecule has 0 fully saturated rings. The van der Waals surface area contributed by atoms with Crippen LogP contribution in [-0.2, 0) is 4.74 Å². The van der Waals surface area contributed by atoms with E-state index in [9.17, 15) is 5.11 Å². The summed E-state index contributed by atoms with van der Waals surface area (Å²) < 4.78 is 4.85. The van der Waals surface area contributed by atoms with Crippen LogP contribution in [0.4, 0.5) is 5.82 Å². The summed E-state index contributed by atoms with van der Waals surface area (Å²) in [5.41, 5.74) is 6.03. The zero-order valence-corrected chi connectivity index (χ0v) is 10.1. The lowest BCUT2D eigenvalue weighted by Gasteiger charge is -2.23. The summed E-state index contributed by atoms with van der Waals surface area (Å²) in [7, 11) is 3.32. The van der Waals surface area contributed by atoms with Gasteiger partial charge in [-0.3, -0.25) is 5.41 Å². The van der Waals surface area contributed by atoms with E-state index in [2.05, 4.69) is 4.98 Å². The molecule has 1 aromatic heterocycles. The number of hydrogen-bond acceptors (Lipinski definition) is 5. The van der Waals surface area contributed by atoms with Gasteiger partial charge < -0.3 is 20.5 Å². The van der Waals surface area contributed by atoms with E-state index in [1.165, 1.54) is 7.11 Å². The predicted octanol–water partition coefficient (Wildman–Crippen LogP) is -0.191. The van der Waals surface area contributed by atoms with Crippen LogP contribution in [0.15, 0.2) is 18.3 Å². The third-order valence-electron chi connectivity index (χ3n) is 2.28. The lowest BCUT2D eigenvalue weighted by atomic mass is 10.2. The van der Waals surface area contributed by atoms with Crippen molar-refractivity contribution in [3.05, 3.63) is 23.9 Å². The standard InChI is InChI=1S/C11H18N4O2/c1-15(6-8(16)7-17-2)11-9(10(12)13)4-3-5-14-11/h3-5,8,16H,6-7H2,1-2H3,(H3,12,13). The van der Waals surface area contributed by atoms with Crippen molar-refractivity contribution in [2.75, 3.05) is 32.2 Å². The van der Waals surface area contributed by atoms with E-state index in [4.69, 9.17) is 15.9 Å². The fraction of sp³-hybridized carbons (Fsp3) is 0.455. The molecule has 1 unspecified atom stereocenters. The fourth-order valence-electron chi connectivity index (χ4n) is 1.56. The second-order valence-corrected chi connectivity index (χ2v) is 3.78. The van der Waals surface area contributed by atoms with E-state index in [1.54, 1.807) is 30.3 Å². The van der Waals surface area contributed by atoms with E-state index in [1.807, 2.05) is 0 Å². The van der Waals surface area contributed by atoms with Gasteiger partial charge in [-0.15, -0.1) is 0 Å². The van der Waals surface area contributed by atoms with E-state index in [0.29, 0.717) is 17.9 Å². The molecule has 0 aromatic carbocycles. The molecule has 0 spiro atoms. The summed E-state index contributed by atoms with van der Waals surface area (Å²) >= 11 is 0. The normalized spacial score (nSPS) is 12.2. The molecular weight excluding hydrogens is 220 g/mol. The molecule has 94 valence electrons. The molecule has 0 amide bonds. The Morgan fingerprint density at radius 2 is 2.41 bits per heavy atom. The molecule has 0 aliphatic heterocycles. The summed E-state index contributed by atoms with van der Waals surface area (Å²) in [5.74, 6) is 0.538. The van der Waals surface area contributed by atoms with Crippen LogP contribution < -0.4 is 10.6 Å². The lowest BCUT2D eigenvalue weighted by molar-refractivity contribution is 0.0694. The molecule has 4 N–H and O–H groups in total. The van der Waals surface area contributed by atoms with Gasteiger partial charge in [0.2, 0.25) is 0 Å². The van der Waals surface area contributed by atoms with Crippen LogP contribution in [-0.4, -0.2) is 49.3 Å². The van der Waals surface area contributed by atoms with Gasteiger partial charge >= 0.3 is 0 Å². The molecule has 0 saturated carbocycles. The van der Waals surface area contributed by atoms with Gasteiger partial charge in [-0.1, -0.05) is 0 Å². The van der Waals surface area contributed by atoms with Crippen molar-refractivity contribution in [3.8, 4) is 0 Å². The minimum Gasteiger partial charge on any atom is -0.389 e. The number of aromatic nitrogens is 1. The van der Waals surface area contributed by atoms with Crippen molar-refractivity contribution in [2.45, 2.75) is 6.10 Å². The number of anilines is 1. The SMILES string of the molecule is COCC(O)CN(C)c1ncccc1C(=N)N. The molecule has 6 nitrogen and oxygen atoms in total. The highest BCUT2D eigenvalue weighted by Gasteiger charge is 2.14. The Bertz CT molecular complexity index is 383. The second-order valence-electron chi connectivity index (χ2n) is 3.78. The van der Waals surface area contributed by atoms with Crippen LogP contribution in [0.1, 0.15) is 5.56 Å². The summed E-state index contributed by atoms with van der Waals surface area (Å²) in [4.78, 5) is 5.92. The number of hydrogen-bond donors (Lipinski definition) is 3. The summed E-state index contributed by atoms with van der Waals surface area (Å²) in [6.45, 7) is 0.623. The number of aliphatic hydroxyl groups excluding tert-OH is 1. The van der Waals surface area contributed by atoms with Gasteiger partial charge in [0.05, 0.1) is 18.3 Å². The molecule has 0 aliphatic carbocycles. The first-order valence-corrected chi connectivity index (χ1v) is 5.23. The minimum atomic E-state index is -0.605. The zero-order valence-electron chi connectivity index (χ0n) is 10.1. The van der Waals surface area contributed by atoms with Crippen LogP contribution in [0.2, 0.25) is 0 Å². The van der Waals surface area contributed by atoms with E-state index in [0.717, 1.165) is 0 Å². The zero-order chi connectivity index (χ0) is 12.8. The Labute approximate surface area is 101 Å². The highest BCUT2D eigenvalue weighted by atomic mass is 16.5. The predicted molar refractivity (Wildman–Crippen MR) is 66.4 cm³/mol. The van der Waals surface area contributed by atoms with Crippen molar-refractivity contribution in [3.63, 3.8) is 0 Å². The quantitative estimate of drug-likeness (QED) is 0.471. The number of likely N-dealkylation sites (N-methyl/N-ethyl adjacent to an activating group) is 1. The number of nitrogens with zero attached hydrogens (tertiary/aromatic N) is 2. The van der Waals surface area contributed by atoms with Gasteiger partial charge in [0.25, 0.3) is 0 Å².